The Labute approximate surface area is 115 Å². The average Bonchev–Trinajstić information content (AvgIpc) is 2.88. The number of hydrogen-bond donors (Lipinski definition) is 1. The molecule has 0 atom stereocenters. The van der Waals surface area contributed by atoms with E-state index in [-0.39, 0.29) is 12.2 Å². The monoisotopic (exact) mass is 270 g/mol. The maximum atomic E-state index is 12.9. The van der Waals surface area contributed by atoms with E-state index in [1.54, 1.807) is 35.0 Å². The maximum absolute atomic E-state index is 12.9. The Bertz CT molecular complexity index is 667. The molecule has 20 heavy (non-hydrogen) atoms. The first-order chi connectivity index (χ1) is 9.70. The van der Waals surface area contributed by atoms with Crippen molar-refractivity contribution in [1.29, 1.82) is 5.26 Å². The van der Waals surface area contributed by atoms with Crippen molar-refractivity contribution in [3.05, 3.63) is 54.1 Å². The molecule has 2 aromatic rings. The van der Waals surface area contributed by atoms with Crippen molar-refractivity contribution in [3.8, 4) is 11.8 Å². The summed E-state index contributed by atoms with van der Waals surface area (Å²) in [6.45, 7) is 0. The normalized spacial score (nSPS) is 10.4. The van der Waals surface area contributed by atoms with E-state index in [2.05, 4.69) is 10.5 Å². The number of nitrogens with zero attached hydrogens (tertiary/aromatic N) is 3. The lowest BCUT2D eigenvalue weighted by atomic mass is 10.3. The van der Waals surface area contributed by atoms with Crippen molar-refractivity contribution in [1.82, 2.24) is 9.99 Å². The second-order valence-corrected chi connectivity index (χ2v) is 3.91. The SMILES string of the molecule is N#CCC(=O)N/N=C\c1cccn1-c1ccc(F)cc1. The average molecular weight is 270 g/mol. The van der Waals surface area contributed by atoms with E-state index in [4.69, 9.17) is 5.26 Å². The molecule has 1 amide bonds. The van der Waals surface area contributed by atoms with Gasteiger partial charge in [0.2, 0.25) is 0 Å². The first-order valence-corrected chi connectivity index (χ1v) is 5.83. The molecule has 1 aromatic carbocycles. The van der Waals surface area contributed by atoms with Crippen molar-refractivity contribution >= 4 is 12.1 Å². The largest absolute Gasteiger partial charge is 0.316 e. The van der Waals surface area contributed by atoms with Gasteiger partial charge in [-0.05, 0) is 36.4 Å². The number of benzene rings is 1. The number of halogens is 1. The Balaban J connectivity index is 2.13. The van der Waals surface area contributed by atoms with Gasteiger partial charge in [-0.3, -0.25) is 4.79 Å². The van der Waals surface area contributed by atoms with Crippen LogP contribution in [0.5, 0.6) is 0 Å². The molecule has 0 bridgehead atoms. The molecule has 2 rings (SSSR count). The van der Waals surface area contributed by atoms with Crippen LogP contribution in [0.3, 0.4) is 0 Å². The van der Waals surface area contributed by atoms with Crippen LogP contribution in [0.2, 0.25) is 0 Å². The quantitative estimate of drug-likeness (QED) is 0.681. The van der Waals surface area contributed by atoms with Gasteiger partial charge in [0.1, 0.15) is 12.2 Å². The molecule has 0 saturated carbocycles. The topological polar surface area (TPSA) is 70.2 Å². The molecule has 0 spiro atoms. The van der Waals surface area contributed by atoms with Crippen LogP contribution in [-0.2, 0) is 4.79 Å². The highest BCUT2D eigenvalue weighted by molar-refractivity contribution is 5.82. The number of hydrazone groups is 1. The highest BCUT2D eigenvalue weighted by Gasteiger charge is 2.02. The molecule has 1 N–H and O–H groups in total. The van der Waals surface area contributed by atoms with Gasteiger partial charge < -0.3 is 4.57 Å². The summed E-state index contributed by atoms with van der Waals surface area (Å²) in [7, 11) is 0. The Hall–Kier alpha value is -2.94. The summed E-state index contributed by atoms with van der Waals surface area (Å²) < 4.78 is 14.7. The number of nitrogens with one attached hydrogen (secondary N) is 1. The maximum Gasteiger partial charge on any atom is 0.254 e. The summed E-state index contributed by atoms with van der Waals surface area (Å²) in [4.78, 5) is 11.1. The van der Waals surface area contributed by atoms with E-state index in [0.29, 0.717) is 5.69 Å². The van der Waals surface area contributed by atoms with E-state index in [1.807, 2.05) is 6.07 Å². The fraction of sp³-hybridized carbons (Fsp3) is 0.0714. The Kier molecular flexibility index (Phi) is 4.24. The zero-order chi connectivity index (χ0) is 14.4. The number of rotatable bonds is 4. The minimum absolute atomic E-state index is 0.240. The molecule has 1 aromatic heterocycles. The zero-order valence-corrected chi connectivity index (χ0v) is 10.5. The molecule has 100 valence electrons. The first kappa shape index (κ1) is 13.5. The Morgan fingerprint density at radius 2 is 2.15 bits per heavy atom. The Morgan fingerprint density at radius 1 is 1.40 bits per heavy atom. The molecule has 5 nitrogen and oxygen atoms in total. The van der Waals surface area contributed by atoms with Crippen LogP contribution in [0.4, 0.5) is 4.39 Å². The summed E-state index contributed by atoms with van der Waals surface area (Å²) >= 11 is 0. The predicted octanol–water partition coefficient (Wildman–Crippen LogP) is 1.98. The van der Waals surface area contributed by atoms with Gasteiger partial charge >= 0.3 is 0 Å². The molecule has 0 unspecified atom stereocenters. The fourth-order valence-corrected chi connectivity index (χ4v) is 1.62. The summed E-state index contributed by atoms with van der Waals surface area (Å²) in [6, 6.07) is 11.3. The van der Waals surface area contributed by atoms with Crippen molar-refractivity contribution in [2.75, 3.05) is 0 Å². The fourth-order valence-electron chi connectivity index (χ4n) is 1.62. The predicted molar refractivity (Wildman–Crippen MR) is 71.7 cm³/mol. The molecular weight excluding hydrogens is 259 g/mol. The van der Waals surface area contributed by atoms with Gasteiger partial charge in [0.05, 0.1) is 18.0 Å². The van der Waals surface area contributed by atoms with Gasteiger partial charge in [0.15, 0.2) is 0 Å². The number of carbonyl (C=O) groups is 1. The molecule has 0 aliphatic carbocycles. The van der Waals surface area contributed by atoms with E-state index >= 15 is 0 Å². The van der Waals surface area contributed by atoms with Crippen molar-refractivity contribution in [2.24, 2.45) is 5.10 Å². The van der Waals surface area contributed by atoms with Gasteiger partial charge in [0.25, 0.3) is 5.91 Å². The number of hydrogen-bond acceptors (Lipinski definition) is 3. The third-order valence-corrected chi connectivity index (χ3v) is 2.51. The molecule has 0 aliphatic rings. The lowest BCUT2D eigenvalue weighted by Crippen LogP contribution is -2.16. The van der Waals surface area contributed by atoms with Crippen LogP contribution in [0, 0.1) is 17.1 Å². The van der Waals surface area contributed by atoms with E-state index in [0.717, 1.165) is 5.69 Å². The van der Waals surface area contributed by atoms with Crippen molar-refractivity contribution in [2.45, 2.75) is 6.42 Å². The Morgan fingerprint density at radius 3 is 2.85 bits per heavy atom. The number of aromatic nitrogens is 1. The van der Waals surface area contributed by atoms with Crippen LogP contribution in [0.1, 0.15) is 12.1 Å². The van der Waals surface area contributed by atoms with Crippen LogP contribution in [-0.4, -0.2) is 16.7 Å². The van der Waals surface area contributed by atoms with Crippen LogP contribution in [0.15, 0.2) is 47.7 Å². The summed E-state index contributed by atoms with van der Waals surface area (Å²) in [5.74, 6) is -0.775. The van der Waals surface area contributed by atoms with Gasteiger partial charge in [-0.25, -0.2) is 9.82 Å². The second-order valence-electron chi connectivity index (χ2n) is 3.91. The number of nitriles is 1. The van der Waals surface area contributed by atoms with Crippen molar-refractivity contribution < 1.29 is 9.18 Å². The third kappa shape index (κ3) is 3.29. The molecule has 0 radical (unpaired) electrons. The minimum Gasteiger partial charge on any atom is -0.316 e. The highest BCUT2D eigenvalue weighted by Crippen LogP contribution is 2.12. The minimum atomic E-state index is -0.469. The van der Waals surface area contributed by atoms with E-state index < -0.39 is 5.91 Å². The summed E-state index contributed by atoms with van der Waals surface area (Å²) in [5, 5.41) is 12.1. The van der Waals surface area contributed by atoms with Gasteiger partial charge in [0, 0.05) is 11.9 Å². The molecule has 6 heteroatoms. The van der Waals surface area contributed by atoms with E-state index in [1.165, 1.54) is 18.3 Å². The van der Waals surface area contributed by atoms with Crippen LogP contribution in [0.25, 0.3) is 5.69 Å². The molecule has 0 saturated heterocycles. The standard InChI is InChI=1S/C14H11FN4O/c15-11-3-5-12(6-4-11)19-9-1-2-13(19)10-17-18-14(20)7-8-16/h1-6,9-10H,7H2,(H,18,20)/b17-10-. The lowest BCUT2D eigenvalue weighted by Gasteiger charge is -2.05. The van der Waals surface area contributed by atoms with Gasteiger partial charge in [-0.2, -0.15) is 10.4 Å². The third-order valence-electron chi connectivity index (χ3n) is 2.51. The lowest BCUT2D eigenvalue weighted by molar-refractivity contribution is -0.120. The molecule has 0 fully saturated rings. The smallest absolute Gasteiger partial charge is 0.254 e. The van der Waals surface area contributed by atoms with E-state index in [9.17, 15) is 9.18 Å². The molecule has 1 heterocycles. The number of amides is 1. The summed E-state index contributed by atoms with van der Waals surface area (Å²) in [5.41, 5.74) is 3.74. The molecular formula is C14H11FN4O. The van der Waals surface area contributed by atoms with Gasteiger partial charge in [-0.15, -0.1) is 0 Å². The van der Waals surface area contributed by atoms with Gasteiger partial charge in [-0.1, -0.05) is 0 Å². The first-order valence-electron chi connectivity index (χ1n) is 5.83. The van der Waals surface area contributed by atoms with Crippen molar-refractivity contribution in [3.63, 3.8) is 0 Å². The summed E-state index contributed by atoms with van der Waals surface area (Å²) in [6.07, 6.45) is 3.01. The van der Waals surface area contributed by atoms with Crippen LogP contribution >= 0.6 is 0 Å². The number of carbonyl (C=O) groups excluding carboxylic acids is 1. The second kappa shape index (κ2) is 6.29. The van der Waals surface area contributed by atoms with Crippen LogP contribution < -0.4 is 5.43 Å². The zero-order valence-electron chi connectivity index (χ0n) is 10.5. The highest BCUT2D eigenvalue weighted by atomic mass is 19.1. The molecule has 0 aliphatic heterocycles.